The Kier molecular flexibility index (Phi) is 3.71. The van der Waals surface area contributed by atoms with Crippen LogP contribution in [0, 0.1) is 12.6 Å². The smallest absolute Gasteiger partial charge is 0.236 e. The predicted molar refractivity (Wildman–Crippen MR) is 90.8 cm³/mol. The molecule has 0 aliphatic carbocycles. The number of benzene rings is 2. The van der Waals surface area contributed by atoms with Crippen LogP contribution in [0.5, 0.6) is 0 Å². The first-order chi connectivity index (χ1) is 11.0. The zero-order valence-corrected chi connectivity index (χ0v) is 15.9. The van der Waals surface area contributed by atoms with Crippen LogP contribution in [-0.4, -0.2) is 17.9 Å². The Morgan fingerprint density at radius 3 is 2.67 bits per heavy atom. The summed E-state index contributed by atoms with van der Waals surface area (Å²) in [7, 11) is 1.79. The average Bonchev–Trinajstić information content (AvgIpc) is 2.74. The summed E-state index contributed by atoms with van der Waals surface area (Å²) >= 11 is 0. The van der Waals surface area contributed by atoms with Crippen molar-refractivity contribution in [3.8, 4) is 0 Å². The van der Waals surface area contributed by atoms with Crippen molar-refractivity contribution in [3.63, 3.8) is 0 Å². The Balaban J connectivity index is 0.00000169. The summed E-state index contributed by atoms with van der Waals surface area (Å²) < 4.78 is 0. The van der Waals surface area contributed by atoms with E-state index in [0.29, 0.717) is 5.69 Å². The Hall–Kier alpha value is -2.28. The predicted octanol–water partition coefficient (Wildman–Crippen LogP) is 3.99. The molecule has 1 aliphatic heterocycles. The van der Waals surface area contributed by atoms with Gasteiger partial charge in [-0.05, 0) is 30.3 Å². The van der Waals surface area contributed by atoms with E-state index in [1.807, 2.05) is 26.0 Å². The second-order valence-corrected chi connectivity index (χ2v) is 6.37. The molecular weight excluding hydrogens is 478 g/mol. The molecule has 5 heteroatoms. The summed E-state index contributed by atoms with van der Waals surface area (Å²) in [5.74, 6) is 0.0702. The number of amides is 1. The Bertz CT molecular complexity index is 1050. The van der Waals surface area contributed by atoms with Crippen LogP contribution in [0.25, 0.3) is 26.5 Å². The zero-order valence-electron chi connectivity index (χ0n) is 13.5. The van der Waals surface area contributed by atoms with Gasteiger partial charge in [0.15, 0.2) is 0 Å². The molecule has 0 bridgehead atoms. The molecule has 0 unspecified atom stereocenters. The maximum absolute atomic E-state index is 12.5. The minimum absolute atomic E-state index is 0. The van der Waals surface area contributed by atoms with Gasteiger partial charge in [-0.3, -0.25) is 9.64 Å². The Morgan fingerprint density at radius 2 is 1.96 bits per heavy atom. The van der Waals surface area contributed by atoms with E-state index < -0.39 is 5.41 Å². The van der Waals surface area contributed by atoms with Crippen molar-refractivity contribution in [2.24, 2.45) is 0 Å². The fourth-order valence-electron chi connectivity index (χ4n) is 3.55. The fourth-order valence-corrected chi connectivity index (χ4v) is 3.55. The monoisotopic (exact) mass is 493 g/mol. The van der Waals surface area contributed by atoms with Crippen LogP contribution in [0.15, 0.2) is 30.5 Å². The van der Waals surface area contributed by atoms with E-state index in [1.54, 1.807) is 30.3 Å². The van der Waals surface area contributed by atoms with Crippen molar-refractivity contribution in [1.82, 2.24) is 4.98 Å². The molecule has 3 aromatic rings. The molecule has 0 spiro atoms. The van der Waals surface area contributed by atoms with E-state index in [9.17, 15) is 4.79 Å². The topological polar surface area (TPSA) is 37.6 Å². The van der Waals surface area contributed by atoms with Crippen LogP contribution in [-0.2, 0) is 30.3 Å². The fraction of sp³-hybridized carbons (Fsp3) is 0.211. The number of fused-ring (bicyclic) bond motifs is 5. The summed E-state index contributed by atoms with van der Waals surface area (Å²) in [6.07, 6.45) is 1.75. The number of aromatic nitrogens is 1. The average molecular weight is 493 g/mol. The van der Waals surface area contributed by atoms with Crippen LogP contribution in [0.1, 0.15) is 19.4 Å². The van der Waals surface area contributed by atoms with E-state index in [4.69, 9.17) is 6.57 Å². The van der Waals surface area contributed by atoms with Crippen molar-refractivity contribution < 1.29 is 24.9 Å². The molecule has 0 atom stereocenters. The number of rotatable bonds is 0. The SMILES string of the molecule is [C-]#[N+]c1cc[c-]c2c1ccc1c3c(cnc12)N(C)C(=O)C3(C)C.[Ir]. The van der Waals surface area contributed by atoms with Gasteiger partial charge in [-0.2, -0.15) is 6.07 Å². The zero-order chi connectivity index (χ0) is 16.4. The standard InChI is InChI=1S/C19H14N3O.Ir/c1-19(2)16-13-9-8-11-12(6-5-7-14(11)20-3)17(13)21-10-15(16)22(4)18(19)23;/h5,7-10H,1-2,4H3;/q-1;. The molecule has 4 rings (SSSR count). The summed E-state index contributed by atoms with van der Waals surface area (Å²) in [6.45, 7) is 11.2. The van der Waals surface area contributed by atoms with Gasteiger partial charge in [0, 0.05) is 33.3 Å². The van der Waals surface area contributed by atoms with Gasteiger partial charge in [0.1, 0.15) is 5.69 Å². The number of pyridine rings is 1. The minimum atomic E-state index is -0.587. The van der Waals surface area contributed by atoms with Gasteiger partial charge >= 0.3 is 0 Å². The number of carbonyl (C=O) groups excluding carboxylic acids is 1. The van der Waals surface area contributed by atoms with Crippen molar-refractivity contribution in [3.05, 3.63) is 53.5 Å². The molecule has 1 radical (unpaired) electrons. The van der Waals surface area contributed by atoms with E-state index in [2.05, 4.69) is 15.9 Å². The summed E-state index contributed by atoms with van der Waals surface area (Å²) in [5, 5.41) is 2.63. The van der Waals surface area contributed by atoms with E-state index in [1.165, 1.54) is 0 Å². The third-order valence-electron chi connectivity index (χ3n) is 4.71. The first-order valence-electron chi connectivity index (χ1n) is 7.39. The molecule has 2 heterocycles. The molecule has 1 aromatic heterocycles. The van der Waals surface area contributed by atoms with Gasteiger partial charge in [0.05, 0.1) is 17.7 Å². The first kappa shape index (κ1) is 16.6. The van der Waals surface area contributed by atoms with Crippen molar-refractivity contribution in [2.75, 3.05) is 11.9 Å². The van der Waals surface area contributed by atoms with E-state index in [-0.39, 0.29) is 26.0 Å². The maximum Gasteiger partial charge on any atom is 0.236 e. The number of likely N-dealkylation sites (N-methyl/N-ethyl adjacent to an activating group) is 1. The van der Waals surface area contributed by atoms with Gasteiger partial charge in [-0.25, -0.2) is 0 Å². The van der Waals surface area contributed by atoms with Gasteiger partial charge in [-0.1, -0.05) is 6.07 Å². The molecule has 0 saturated carbocycles. The van der Waals surface area contributed by atoms with Gasteiger partial charge in [0.25, 0.3) is 0 Å². The molecule has 1 aliphatic rings. The largest absolute Gasteiger partial charge is 0.313 e. The first-order valence-corrected chi connectivity index (χ1v) is 7.39. The molecule has 2 aromatic carbocycles. The van der Waals surface area contributed by atoms with Crippen molar-refractivity contribution in [2.45, 2.75) is 19.3 Å². The second-order valence-electron chi connectivity index (χ2n) is 6.37. The van der Waals surface area contributed by atoms with Crippen molar-refractivity contribution in [1.29, 1.82) is 0 Å². The Labute approximate surface area is 153 Å². The van der Waals surface area contributed by atoms with Crippen LogP contribution in [0.4, 0.5) is 11.4 Å². The molecule has 24 heavy (non-hydrogen) atoms. The number of hydrogen-bond donors (Lipinski definition) is 0. The van der Waals surface area contributed by atoms with Gasteiger partial charge < -0.3 is 9.88 Å². The molecule has 1 amide bonds. The molecule has 4 nitrogen and oxygen atoms in total. The van der Waals surface area contributed by atoms with E-state index in [0.717, 1.165) is 32.9 Å². The van der Waals surface area contributed by atoms with Crippen LogP contribution >= 0.6 is 0 Å². The number of carbonyl (C=O) groups is 1. The quantitative estimate of drug-likeness (QED) is 0.352. The third-order valence-corrected chi connectivity index (χ3v) is 4.71. The molecule has 0 N–H and O–H groups in total. The third kappa shape index (κ3) is 1.94. The number of hydrogen-bond acceptors (Lipinski definition) is 2. The van der Waals surface area contributed by atoms with E-state index >= 15 is 0 Å². The Morgan fingerprint density at radius 1 is 1.25 bits per heavy atom. The van der Waals surface area contributed by atoms with Crippen molar-refractivity contribution >= 4 is 39.0 Å². The summed E-state index contributed by atoms with van der Waals surface area (Å²) in [6, 6.07) is 10.6. The van der Waals surface area contributed by atoms with Gasteiger partial charge in [0.2, 0.25) is 5.91 Å². The molecule has 0 saturated heterocycles. The maximum atomic E-state index is 12.5. The minimum Gasteiger partial charge on any atom is -0.313 e. The van der Waals surface area contributed by atoms with Crippen LogP contribution in [0.3, 0.4) is 0 Å². The van der Waals surface area contributed by atoms with Crippen LogP contribution < -0.4 is 4.90 Å². The molecular formula is C19H14IrN3O-. The van der Waals surface area contributed by atoms with Gasteiger partial charge in [-0.15, -0.1) is 29.0 Å². The summed E-state index contributed by atoms with van der Waals surface area (Å²) in [4.78, 5) is 22.4. The summed E-state index contributed by atoms with van der Waals surface area (Å²) in [5.41, 5.74) is 2.65. The number of anilines is 1. The van der Waals surface area contributed by atoms with Crippen LogP contribution in [0.2, 0.25) is 0 Å². The normalized spacial score (nSPS) is 15.2. The molecule has 0 fully saturated rings. The number of nitrogens with zero attached hydrogens (tertiary/aromatic N) is 3. The molecule has 121 valence electrons. The second kappa shape index (κ2) is 5.37.